The van der Waals surface area contributed by atoms with Crippen molar-refractivity contribution in [3.05, 3.63) is 48.6 Å². The van der Waals surface area contributed by atoms with Crippen molar-refractivity contribution in [3.63, 3.8) is 0 Å². The van der Waals surface area contributed by atoms with Crippen LogP contribution in [0, 0.1) is 0 Å². The number of hydrogen-bond acceptors (Lipinski definition) is 14. The lowest BCUT2D eigenvalue weighted by atomic mass is 10.2. The van der Waals surface area contributed by atoms with Crippen LogP contribution in [0.5, 0.6) is 11.5 Å². The Morgan fingerprint density at radius 1 is 0.935 bits per heavy atom. The fourth-order valence-electron chi connectivity index (χ4n) is 3.82. The van der Waals surface area contributed by atoms with Crippen molar-refractivity contribution < 1.29 is 48.3 Å². The van der Waals surface area contributed by atoms with Crippen LogP contribution < -0.4 is 9.47 Å². The average Bonchev–Trinajstić information content (AvgIpc) is 3.72. The second-order valence-electron chi connectivity index (χ2n) is 10.4. The van der Waals surface area contributed by atoms with Gasteiger partial charge in [-0.15, -0.1) is 58.8 Å². The van der Waals surface area contributed by atoms with E-state index in [2.05, 4.69) is 13.2 Å². The van der Waals surface area contributed by atoms with E-state index in [-0.39, 0.29) is 24.4 Å². The van der Waals surface area contributed by atoms with Gasteiger partial charge in [-0.05, 0) is 19.1 Å². The summed E-state index contributed by atoms with van der Waals surface area (Å²) >= 11 is 10.6. The highest BCUT2D eigenvalue weighted by atomic mass is 32.2. The van der Waals surface area contributed by atoms with Crippen molar-refractivity contribution in [1.29, 1.82) is 0 Å². The van der Waals surface area contributed by atoms with Gasteiger partial charge in [0.1, 0.15) is 30.8 Å². The maximum Gasteiger partial charge on any atom is 0.335 e. The first kappa shape index (κ1) is 38.7. The zero-order valence-electron chi connectivity index (χ0n) is 25.3. The molecule has 0 radical (unpaired) electrons. The molecule has 10 nitrogen and oxygen atoms in total. The molecule has 0 amide bonds. The zero-order chi connectivity index (χ0) is 33.5. The first-order chi connectivity index (χ1) is 21.9. The molecule has 2 heterocycles. The number of carboxylic acids is 2. The van der Waals surface area contributed by atoms with Gasteiger partial charge in [-0.25, -0.2) is 9.59 Å². The summed E-state index contributed by atoms with van der Waals surface area (Å²) in [5.41, 5.74) is -0.291. The SMILES string of the molecule is C=C(CC(=O)O)C(=O)OC(COc1cccc(OCC(C)(OC(=O)C(=C)CC(=O)O)SCC2CSCS2)c1)CSCC1CSCS1. The van der Waals surface area contributed by atoms with Gasteiger partial charge < -0.3 is 29.2 Å². The molecule has 0 bridgehead atoms. The lowest BCUT2D eigenvalue weighted by Crippen LogP contribution is -2.36. The Hall–Kier alpha value is -1.72. The van der Waals surface area contributed by atoms with Gasteiger partial charge in [-0.1, -0.05) is 19.2 Å². The molecule has 0 aromatic heterocycles. The minimum atomic E-state index is -1.17. The van der Waals surface area contributed by atoms with Crippen LogP contribution in [0.2, 0.25) is 0 Å². The maximum absolute atomic E-state index is 12.7. The van der Waals surface area contributed by atoms with Crippen molar-refractivity contribution in [2.75, 3.05) is 52.1 Å². The fraction of sp³-hybridized carbons (Fsp3) is 0.533. The third-order valence-electron chi connectivity index (χ3n) is 6.19. The van der Waals surface area contributed by atoms with E-state index in [1.165, 1.54) is 11.8 Å². The molecule has 2 fully saturated rings. The van der Waals surface area contributed by atoms with E-state index < -0.39 is 47.8 Å². The molecule has 254 valence electrons. The summed E-state index contributed by atoms with van der Waals surface area (Å²) in [5, 5.41) is 21.1. The van der Waals surface area contributed by atoms with Crippen molar-refractivity contribution in [2.24, 2.45) is 0 Å². The summed E-state index contributed by atoms with van der Waals surface area (Å²) in [6.07, 6.45) is -1.67. The third-order valence-corrected chi connectivity index (χ3v) is 15.0. The fourth-order valence-corrected chi connectivity index (χ4v) is 12.4. The Bertz CT molecular complexity index is 1230. The summed E-state index contributed by atoms with van der Waals surface area (Å²) in [6, 6.07) is 6.86. The molecule has 0 aliphatic carbocycles. The van der Waals surface area contributed by atoms with Gasteiger partial charge in [0.2, 0.25) is 0 Å². The van der Waals surface area contributed by atoms with Gasteiger partial charge >= 0.3 is 23.9 Å². The molecule has 4 unspecified atom stereocenters. The van der Waals surface area contributed by atoms with Crippen molar-refractivity contribution >= 4 is 94.4 Å². The predicted octanol–water partition coefficient (Wildman–Crippen LogP) is 5.76. The van der Waals surface area contributed by atoms with Gasteiger partial charge in [0, 0.05) is 66.6 Å². The van der Waals surface area contributed by atoms with E-state index in [1.54, 1.807) is 43.0 Å². The highest BCUT2D eigenvalue weighted by molar-refractivity contribution is 8.20. The topological polar surface area (TPSA) is 146 Å². The van der Waals surface area contributed by atoms with E-state index in [9.17, 15) is 19.2 Å². The second-order valence-corrected chi connectivity index (χ2v) is 18.3. The molecular formula is C30H38O10S6. The highest BCUT2D eigenvalue weighted by Crippen LogP contribution is 2.37. The molecule has 1 aromatic carbocycles. The first-order valence-corrected chi connectivity index (χ1v) is 20.7. The minimum Gasteiger partial charge on any atom is -0.490 e. The molecule has 0 spiro atoms. The number of benzene rings is 1. The maximum atomic E-state index is 12.7. The molecular weight excluding hydrogens is 713 g/mol. The largest absolute Gasteiger partial charge is 0.490 e. The molecule has 2 N–H and O–H groups in total. The lowest BCUT2D eigenvalue weighted by Gasteiger charge is -2.30. The second kappa shape index (κ2) is 19.9. The van der Waals surface area contributed by atoms with E-state index in [4.69, 9.17) is 29.2 Å². The number of carboxylic acid groups (broad SMARTS) is 2. The average molecular weight is 751 g/mol. The van der Waals surface area contributed by atoms with Crippen LogP contribution in [0.4, 0.5) is 0 Å². The molecule has 46 heavy (non-hydrogen) atoms. The summed E-state index contributed by atoms with van der Waals surface area (Å²) in [5.74, 6) is 1.16. The summed E-state index contributed by atoms with van der Waals surface area (Å²) in [4.78, 5) is 46.2. The quantitative estimate of drug-likeness (QED) is 0.0892. The molecule has 0 saturated carbocycles. The molecule has 2 aliphatic rings. The number of thioether (sulfide) groups is 6. The zero-order valence-corrected chi connectivity index (χ0v) is 30.2. The van der Waals surface area contributed by atoms with Crippen LogP contribution in [-0.2, 0) is 28.7 Å². The summed E-state index contributed by atoms with van der Waals surface area (Å²) in [7, 11) is 0. The van der Waals surface area contributed by atoms with Crippen LogP contribution in [0.15, 0.2) is 48.6 Å². The Morgan fingerprint density at radius 2 is 1.52 bits per heavy atom. The number of esters is 2. The third kappa shape index (κ3) is 14.6. The van der Waals surface area contributed by atoms with Crippen molar-refractivity contribution in [3.8, 4) is 11.5 Å². The standard InChI is InChI=1S/C30H38O10S6/c1-19(7-26(31)32)28(35)39-23(11-41-12-24-13-42-17-44-24)10-37-21-5-4-6-22(9-21)38-16-30(3,46-15-25-14-43-18-45-25)40-29(36)20(2)8-27(33)34/h4-6,9,23-25H,1-2,7-8,10-18H2,3H3,(H,31,32)(H,33,34). The first-order valence-electron chi connectivity index (χ1n) is 14.1. The van der Waals surface area contributed by atoms with Crippen LogP contribution in [0.25, 0.3) is 0 Å². The van der Waals surface area contributed by atoms with E-state index >= 15 is 0 Å². The molecule has 3 rings (SSSR count). The van der Waals surface area contributed by atoms with Crippen LogP contribution in [0.3, 0.4) is 0 Å². The number of hydrogen-bond donors (Lipinski definition) is 2. The van der Waals surface area contributed by atoms with Gasteiger partial charge in [-0.2, -0.15) is 11.8 Å². The Morgan fingerprint density at radius 3 is 2.11 bits per heavy atom. The summed E-state index contributed by atoms with van der Waals surface area (Å²) < 4.78 is 23.4. The van der Waals surface area contributed by atoms with Crippen molar-refractivity contribution in [1.82, 2.24) is 0 Å². The van der Waals surface area contributed by atoms with Crippen LogP contribution >= 0.6 is 70.6 Å². The number of rotatable bonds is 21. The van der Waals surface area contributed by atoms with E-state index in [1.807, 2.05) is 47.0 Å². The Balaban J connectivity index is 1.61. The number of ether oxygens (including phenoxy) is 4. The molecule has 16 heteroatoms. The van der Waals surface area contributed by atoms with Crippen LogP contribution in [0.1, 0.15) is 19.8 Å². The summed E-state index contributed by atoms with van der Waals surface area (Å²) in [6.45, 7) is 8.85. The van der Waals surface area contributed by atoms with Crippen LogP contribution in [-0.4, -0.2) is 108 Å². The molecule has 2 saturated heterocycles. The normalized spacial score (nSPS) is 19.4. The predicted molar refractivity (Wildman–Crippen MR) is 192 cm³/mol. The van der Waals surface area contributed by atoms with Gasteiger partial charge in [0.15, 0.2) is 4.93 Å². The Labute approximate surface area is 294 Å². The number of aliphatic carboxylic acids is 2. The monoisotopic (exact) mass is 750 g/mol. The molecule has 4 atom stereocenters. The molecule has 1 aromatic rings. The smallest absolute Gasteiger partial charge is 0.335 e. The van der Waals surface area contributed by atoms with Crippen molar-refractivity contribution in [2.45, 2.75) is 41.3 Å². The lowest BCUT2D eigenvalue weighted by molar-refractivity contribution is -0.149. The number of carbonyl (C=O) groups is 4. The van der Waals surface area contributed by atoms with E-state index in [0.29, 0.717) is 33.5 Å². The van der Waals surface area contributed by atoms with Gasteiger partial charge in [0.05, 0.1) is 12.8 Å². The highest BCUT2D eigenvalue weighted by Gasteiger charge is 2.34. The van der Waals surface area contributed by atoms with Gasteiger partial charge in [0.25, 0.3) is 0 Å². The Kier molecular flexibility index (Phi) is 16.8. The molecule has 2 aliphatic heterocycles. The number of carbonyl (C=O) groups excluding carboxylic acids is 2. The minimum absolute atomic E-state index is 0.0161. The van der Waals surface area contributed by atoms with E-state index in [0.717, 1.165) is 27.4 Å². The van der Waals surface area contributed by atoms with Gasteiger partial charge in [-0.3, -0.25) is 9.59 Å².